The molecule has 1 atom stereocenters. The van der Waals surface area contributed by atoms with Crippen LogP contribution in [0.15, 0.2) is 22.6 Å². The van der Waals surface area contributed by atoms with E-state index in [2.05, 4.69) is 9.88 Å². The fourth-order valence-corrected chi connectivity index (χ4v) is 2.65. The summed E-state index contributed by atoms with van der Waals surface area (Å²) < 4.78 is 18.7. The average Bonchev–Trinajstić information content (AvgIpc) is 2.80. The van der Waals surface area contributed by atoms with Gasteiger partial charge in [-0.3, -0.25) is 4.90 Å². The minimum atomic E-state index is -0.300. The number of fused-ring (bicyclic) bond motifs is 1. The van der Waals surface area contributed by atoms with Crippen LogP contribution in [0, 0.1) is 11.7 Å². The summed E-state index contributed by atoms with van der Waals surface area (Å²) >= 11 is 0. The maximum absolute atomic E-state index is 13.1. The zero-order valence-corrected chi connectivity index (χ0v) is 10.7. The monoisotopic (exact) mass is 264 g/mol. The molecule has 102 valence electrons. The largest absolute Gasteiger partial charge is 0.439 e. The molecule has 1 aromatic heterocycles. The van der Waals surface area contributed by atoms with Crippen LogP contribution in [0.25, 0.3) is 11.1 Å². The summed E-state index contributed by atoms with van der Waals surface area (Å²) in [5.74, 6) is 0.653. The van der Waals surface area contributed by atoms with Crippen LogP contribution in [0.5, 0.6) is 0 Å². The van der Waals surface area contributed by atoms with Crippen LogP contribution in [0.3, 0.4) is 0 Å². The number of nitrogens with zero attached hydrogens (tertiary/aromatic N) is 2. The second kappa shape index (κ2) is 5.27. The van der Waals surface area contributed by atoms with Gasteiger partial charge in [0.1, 0.15) is 11.3 Å². The van der Waals surface area contributed by atoms with E-state index < -0.39 is 0 Å². The summed E-state index contributed by atoms with van der Waals surface area (Å²) in [7, 11) is 0. The topological polar surface area (TPSA) is 49.5 Å². The second-order valence-corrected chi connectivity index (χ2v) is 5.15. The highest BCUT2D eigenvalue weighted by Crippen LogP contribution is 2.21. The first-order valence-electron chi connectivity index (χ1n) is 6.63. The van der Waals surface area contributed by atoms with Crippen LogP contribution < -0.4 is 0 Å². The van der Waals surface area contributed by atoms with Gasteiger partial charge in [-0.15, -0.1) is 0 Å². The number of piperidine rings is 1. The molecule has 0 aliphatic carbocycles. The first-order valence-corrected chi connectivity index (χ1v) is 6.63. The third-order valence-electron chi connectivity index (χ3n) is 3.61. The summed E-state index contributed by atoms with van der Waals surface area (Å²) in [6.07, 6.45) is 2.16. The maximum Gasteiger partial charge on any atom is 0.209 e. The van der Waals surface area contributed by atoms with Gasteiger partial charge in [0.25, 0.3) is 0 Å². The smallest absolute Gasteiger partial charge is 0.209 e. The van der Waals surface area contributed by atoms with Gasteiger partial charge in [-0.25, -0.2) is 9.37 Å². The molecule has 2 aromatic rings. The number of hydrogen-bond acceptors (Lipinski definition) is 4. The molecule has 5 heteroatoms. The Morgan fingerprint density at radius 1 is 1.47 bits per heavy atom. The highest BCUT2D eigenvalue weighted by molar-refractivity contribution is 5.72. The number of aromatic nitrogens is 1. The van der Waals surface area contributed by atoms with E-state index in [1.807, 2.05) is 0 Å². The van der Waals surface area contributed by atoms with Crippen LogP contribution in [0.2, 0.25) is 0 Å². The lowest BCUT2D eigenvalue weighted by molar-refractivity contribution is 0.109. The molecule has 0 bridgehead atoms. The molecule has 0 radical (unpaired) electrons. The number of rotatable bonds is 3. The number of aliphatic hydroxyl groups is 1. The van der Waals surface area contributed by atoms with Gasteiger partial charge in [0, 0.05) is 19.2 Å². The summed E-state index contributed by atoms with van der Waals surface area (Å²) in [6, 6.07) is 4.36. The molecule has 19 heavy (non-hydrogen) atoms. The highest BCUT2D eigenvalue weighted by atomic mass is 19.1. The van der Waals surface area contributed by atoms with Crippen molar-refractivity contribution in [2.24, 2.45) is 5.92 Å². The van der Waals surface area contributed by atoms with Crippen molar-refractivity contribution >= 4 is 11.1 Å². The average molecular weight is 264 g/mol. The molecule has 2 heterocycles. The van der Waals surface area contributed by atoms with Gasteiger partial charge < -0.3 is 9.52 Å². The van der Waals surface area contributed by atoms with Crippen molar-refractivity contribution in [3.8, 4) is 0 Å². The number of benzene rings is 1. The second-order valence-electron chi connectivity index (χ2n) is 5.15. The molecule has 1 aliphatic heterocycles. The van der Waals surface area contributed by atoms with E-state index in [9.17, 15) is 9.50 Å². The van der Waals surface area contributed by atoms with Gasteiger partial charge >= 0.3 is 0 Å². The third kappa shape index (κ3) is 2.77. The van der Waals surface area contributed by atoms with Gasteiger partial charge in [0.2, 0.25) is 5.89 Å². The Morgan fingerprint density at radius 3 is 3.21 bits per heavy atom. The zero-order valence-electron chi connectivity index (χ0n) is 10.7. The van der Waals surface area contributed by atoms with Crippen LogP contribution in [0.1, 0.15) is 18.7 Å². The van der Waals surface area contributed by atoms with E-state index in [0.717, 1.165) is 25.9 Å². The van der Waals surface area contributed by atoms with Gasteiger partial charge in [0.15, 0.2) is 5.58 Å². The lowest BCUT2D eigenvalue weighted by atomic mass is 9.99. The Labute approximate surface area is 110 Å². The number of likely N-dealkylation sites (tertiary alicyclic amines) is 1. The van der Waals surface area contributed by atoms with Gasteiger partial charge in [-0.05, 0) is 37.4 Å². The van der Waals surface area contributed by atoms with E-state index in [-0.39, 0.29) is 12.4 Å². The number of hydrogen-bond donors (Lipinski definition) is 1. The molecule has 4 nitrogen and oxygen atoms in total. The Morgan fingerprint density at radius 2 is 2.37 bits per heavy atom. The third-order valence-corrected chi connectivity index (χ3v) is 3.61. The highest BCUT2D eigenvalue weighted by Gasteiger charge is 2.20. The summed E-state index contributed by atoms with van der Waals surface area (Å²) in [4.78, 5) is 6.54. The van der Waals surface area contributed by atoms with Crippen molar-refractivity contribution in [1.82, 2.24) is 9.88 Å². The zero-order chi connectivity index (χ0) is 13.2. The quantitative estimate of drug-likeness (QED) is 0.923. The fraction of sp³-hybridized carbons (Fsp3) is 0.500. The SMILES string of the molecule is OCC1CCCN(Cc2nc3cc(F)ccc3o2)C1. The van der Waals surface area contributed by atoms with Crippen molar-refractivity contribution in [2.45, 2.75) is 19.4 Å². The van der Waals surface area contributed by atoms with Crippen molar-refractivity contribution in [3.63, 3.8) is 0 Å². The predicted molar refractivity (Wildman–Crippen MR) is 69.1 cm³/mol. The summed E-state index contributed by atoms with van der Waals surface area (Å²) in [6.45, 7) is 2.70. The minimum Gasteiger partial charge on any atom is -0.439 e. The van der Waals surface area contributed by atoms with Crippen LogP contribution in [-0.4, -0.2) is 34.7 Å². The van der Waals surface area contributed by atoms with E-state index in [1.54, 1.807) is 6.07 Å². The molecule has 1 saturated heterocycles. The van der Waals surface area contributed by atoms with Gasteiger partial charge in [0.05, 0.1) is 6.54 Å². The van der Waals surface area contributed by atoms with Crippen LogP contribution >= 0.6 is 0 Å². The first kappa shape index (κ1) is 12.6. The molecule has 1 aromatic carbocycles. The lowest BCUT2D eigenvalue weighted by Gasteiger charge is -2.30. The number of oxazole rings is 1. The molecule has 1 aliphatic rings. The molecular formula is C14H17FN2O2. The van der Waals surface area contributed by atoms with E-state index in [4.69, 9.17) is 4.42 Å². The van der Waals surface area contributed by atoms with Crippen molar-refractivity contribution in [1.29, 1.82) is 0 Å². The standard InChI is InChI=1S/C14H17FN2O2/c15-11-3-4-13-12(6-11)16-14(19-13)8-17-5-1-2-10(7-17)9-18/h3-4,6,10,18H,1-2,5,7-9H2. The lowest BCUT2D eigenvalue weighted by Crippen LogP contribution is -2.36. The Hall–Kier alpha value is -1.46. The number of aliphatic hydroxyl groups excluding tert-OH is 1. The van der Waals surface area contributed by atoms with Crippen molar-refractivity contribution in [3.05, 3.63) is 29.9 Å². The Kier molecular flexibility index (Phi) is 3.48. The van der Waals surface area contributed by atoms with Gasteiger partial charge in [-0.2, -0.15) is 0 Å². The molecule has 3 rings (SSSR count). The molecule has 1 N–H and O–H groups in total. The van der Waals surface area contributed by atoms with Gasteiger partial charge in [-0.1, -0.05) is 0 Å². The first-order chi connectivity index (χ1) is 9.24. The molecule has 0 spiro atoms. The van der Waals surface area contributed by atoms with Crippen molar-refractivity contribution in [2.75, 3.05) is 19.7 Å². The van der Waals surface area contributed by atoms with E-state index in [0.29, 0.717) is 29.5 Å². The molecule has 0 saturated carbocycles. The molecular weight excluding hydrogens is 247 g/mol. The number of halogens is 1. The maximum atomic E-state index is 13.1. The normalized spacial score (nSPS) is 21.1. The predicted octanol–water partition coefficient (Wildman–Crippen LogP) is 2.17. The minimum absolute atomic E-state index is 0.231. The fourth-order valence-electron chi connectivity index (χ4n) is 2.65. The Bertz CT molecular complexity index is 570. The van der Waals surface area contributed by atoms with Crippen LogP contribution in [0.4, 0.5) is 4.39 Å². The van der Waals surface area contributed by atoms with E-state index >= 15 is 0 Å². The summed E-state index contributed by atoms with van der Waals surface area (Å²) in [5.41, 5.74) is 1.18. The molecule has 1 unspecified atom stereocenters. The molecule has 0 amide bonds. The summed E-state index contributed by atoms with van der Waals surface area (Å²) in [5, 5.41) is 9.21. The molecule has 1 fully saturated rings. The van der Waals surface area contributed by atoms with Crippen molar-refractivity contribution < 1.29 is 13.9 Å². The Balaban J connectivity index is 1.74. The van der Waals surface area contributed by atoms with Crippen LogP contribution in [-0.2, 0) is 6.54 Å². The van der Waals surface area contributed by atoms with E-state index in [1.165, 1.54) is 12.1 Å².